The Balaban J connectivity index is 2.22. The van der Waals surface area contributed by atoms with Gasteiger partial charge in [-0.3, -0.25) is 10.1 Å². The van der Waals surface area contributed by atoms with E-state index in [4.69, 9.17) is 4.74 Å². The van der Waals surface area contributed by atoms with E-state index >= 15 is 0 Å². The monoisotopic (exact) mass is 409 g/mol. The second-order valence-corrected chi connectivity index (χ2v) is 6.01. The fraction of sp³-hybridized carbons (Fsp3) is 0.250. The molecule has 1 heterocycles. The van der Waals surface area contributed by atoms with E-state index in [1.54, 1.807) is 43.1 Å². The van der Waals surface area contributed by atoms with Gasteiger partial charge in [0.25, 0.3) is 0 Å². The molecule has 8 nitrogen and oxygen atoms in total. The molecule has 0 aliphatic rings. The number of ether oxygens (including phenoxy) is 2. The summed E-state index contributed by atoms with van der Waals surface area (Å²) < 4.78 is 10.6. The number of hydrogen-bond donors (Lipinski definition) is 0. The van der Waals surface area contributed by atoms with Crippen molar-refractivity contribution in [2.75, 3.05) is 19.1 Å². The topological polar surface area (TPSA) is 94.8 Å². The molecule has 1 aromatic heterocycles. The Hall–Kier alpha value is -2.68. The molecule has 0 saturated carbocycles. The Morgan fingerprint density at radius 3 is 2.56 bits per heavy atom. The van der Waals surface area contributed by atoms with Gasteiger partial charge in [-0.05, 0) is 47.1 Å². The van der Waals surface area contributed by atoms with Crippen LogP contribution in [0.4, 0.5) is 17.2 Å². The minimum absolute atomic E-state index is 0.114. The lowest BCUT2D eigenvalue weighted by atomic mass is 10.2. The molecular formula is C16H16BrN3O5. The maximum absolute atomic E-state index is 11.4. The van der Waals surface area contributed by atoms with Crippen LogP contribution in [-0.4, -0.2) is 36.1 Å². The number of methoxy groups -OCH3 is 1. The van der Waals surface area contributed by atoms with E-state index in [0.29, 0.717) is 15.9 Å². The first-order valence-corrected chi connectivity index (χ1v) is 8.01. The highest BCUT2D eigenvalue weighted by Crippen LogP contribution is 2.32. The standard InChI is InChI=1S/C16H16BrN3O5/c1-10(16(21)24-3)25-13-6-4-12(5-7-13)19(2)15-14(20(22)23)8-11(17)9-18-15/h4-10H,1-3H3. The molecule has 0 bridgehead atoms. The zero-order chi connectivity index (χ0) is 18.6. The molecular weight excluding hydrogens is 394 g/mol. The summed E-state index contributed by atoms with van der Waals surface area (Å²) in [5.74, 6) is 0.217. The lowest BCUT2D eigenvalue weighted by molar-refractivity contribution is -0.384. The number of benzene rings is 1. The van der Waals surface area contributed by atoms with Gasteiger partial charge in [-0.2, -0.15) is 0 Å². The van der Waals surface area contributed by atoms with E-state index in [1.165, 1.54) is 19.4 Å². The van der Waals surface area contributed by atoms with Gasteiger partial charge in [0.05, 0.1) is 12.0 Å². The Labute approximate surface area is 152 Å². The largest absolute Gasteiger partial charge is 0.479 e. The number of pyridine rings is 1. The molecule has 1 aromatic carbocycles. The molecule has 132 valence electrons. The van der Waals surface area contributed by atoms with Gasteiger partial charge in [0.15, 0.2) is 6.10 Å². The lowest BCUT2D eigenvalue weighted by Gasteiger charge is -2.19. The van der Waals surface area contributed by atoms with Crippen LogP contribution in [0.2, 0.25) is 0 Å². The van der Waals surface area contributed by atoms with Crippen molar-refractivity contribution >= 4 is 39.1 Å². The molecule has 9 heteroatoms. The van der Waals surface area contributed by atoms with E-state index in [-0.39, 0.29) is 11.5 Å². The van der Waals surface area contributed by atoms with E-state index in [9.17, 15) is 14.9 Å². The number of nitro groups is 1. The molecule has 0 spiro atoms. The minimum atomic E-state index is -0.734. The van der Waals surface area contributed by atoms with Crippen LogP contribution in [-0.2, 0) is 9.53 Å². The van der Waals surface area contributed by atoms with Crippen molar-refractivity contribution in [1.29, 1.82) is 0 Å². The van der Waals surface area contributed by atoms with Gasteiger partial charge in [-0.15, -0.1) is 0 Å². The maximum atomic E-state index is 11.4. The quantitative estimate of drug-likeness (QED) is 0.409. The third-order valence-electron chi connectivity index (χ3n) is 3.40. The van der Waals surface area contributed by atoms with E-state index in [0.717, 1.165) is 0 Å². The van der Waals surface area contributed by atoms with Crippen LogP contribution in [0.5, 0.6) is 5.75 Å². The summed E-state index contributed by atoms with van der Waals surface area (Å²) in [5.41, 5.74) is 0.563. The van der Waals surface area contributed by atoms with Gasteiger partial charge >= 0.3 is 11.7 Å². The van der Waals surface area contributed by atoms with Crippen LogP contribution in [0.1, 0.15) is 6.92 Å². The van der Waals surface area contributed by atoms with Gasteiger partial charge < -0.3 is 14.4 Å². The molecule has 2 aromatic rings. The summed E-state index contributed by atoms with van der Waals surface area (Å²) in [6, 6.07) is 8.15. The molecule has 0 aliphatic carbocycles. The Kier molecular flexibility index (Phi) is 5.92. The van der Waals surface area contributed by atoms with Crippen molar-refractivity contribution in [1.82, 2.24) is 4.98 Å². The number of rotatable bonds is 6. The van der Waals surface area contributed by atoms with Crippen LogP contribution in [0.3, 0.4) is 0 Å². The van der Waals surface area contributed by atoms with E-state index < -0.39 is 17.0 Å². The fourth-order valence-electron chi connectivity index (χ4n) is 2.10. The highest BCUT2D eigenvalue weighted by molar-refractivity contribution is 9.10. The summed E-state index contributed by atoms with van der Waals surface area (Å²) in [4.78, 5) is 27.8. The minimum Gasteiger partial charge on any atom is -0.479 e. The Morgan fingerprint density at radius 1 is 1.36 bits per heavy atom. The van der Waals surface area contributed by atoms with Crippen molar-refractivity contribution < 1.29 is 19.2 Å². The predicted molar refractivity (Wildman–Crippen MR) is 95.2 cm³/mol. The van der Waals surface area contributed by atoms with Gasteiger partial charge in [-0.1, -0.05) is 0 Å². The maximum Gasteiger partial charge on any atom is 0.346 e. The van der Waals surface area contributed by atoms with Crippen molar-refractivity contribution in [3.63, 3.8) is 0 Å². The van der Waals surface area contributed by atoms with Crippen molar-refractivity contribution in [3.05, 3.63) is 51.1 Å². The normalized spacial score (nSPS) is 11.5. The van der Waals surface area contributed by atoms with Crippen LogP contribution in [0, 0.1) is 10.1 Å². The van der Waals surface area contributed by atoms with Crippen molar-refractivity contribution in [2.45, 2.75) is 13.0 Å². The summed E-state index contributed by atoms with van der Waals surface area (Å²) in [5, 5.41) is 11.2. The van der Waals surface area contributed by atoms with Crippen molar-refractivity contribution in [2.24, 2.45) is 0 Å². The third-order valence-corrected chi connectivity index (χ3v) is 3.83. The molecule has 25 heavy (non-hydrogen) atoms. The van der Waals surface area contributed by atoms with Gasteiger partial charge in [-0.25, -0.2) is 9.78 Å². The Bertz CT molecular complexity index is 782. The zero-order valence-electron chi connectivity index (χ0n) is 13.8. The second-order valence-electron chi connectivity index (χ2n) is 5.09. The number of hydrogen-bond acceptors (Lipinski definition) is 7. The molecule has 0 fully saturated rings. The number of anilines is 2. The van der Waals surface area contributed by atoms with Gasteiger partial charge in [0, 0.05) is 29.5 Å². The van der Waals surface area contributed by atoms with Crippen LogP contribution in [0.25, 0.3) is 0 Å². The summed E-state index contributed by atoms with van der Waals surface area (Å²) in [6.45, 7) is 1.58. The SMILES string of the molecule is COC(=O)C(C)Oc1ccc(N(C)c2ncc(Br)cc2[N+](=O)[O-])cc1. The first-order chi connectivity index (χ1) is 11.8. The van der Waals surface area contributed by atoms with Crippen LogP contribution in [0.15, 0.2) is 41.0 Å². The second kappa shape index (κ2) is 7.93. The number of carbonyl (C=O) groups is 1. The van der Waals surface area contributed by atoms with E-state index in [1.807, 2.05) is 0 Å². The molecule has 0 radical (unpaired) electrons. The molecule has 0 amide bonds. The van der Waals surface area contributed by atoms with Crippen molar-refractivity contribution in [3.8, 4) is 5.75 Å². The molecule has 2 rings (SSSR count). The van der Waals surface area contributed by atoms with Crippen LogP contribution >= 0.6 is 15.9 Å². The third kappa shape index (κ3) is 4.44. The molecule has 0 aliphatic heterocycles. The summed E-state index contributed by atoms with van der Waals surface area (Å²) in [6.07, 6.45) is 0.761. The molecule has 1 unspecified atom stereocenters. The van der Waals surface area contributed by atoms with Crippen LogP contribution < -0.4 is 9.64 Å². The summed E-state index contributed by atoms with van der Waals surface area (Å²) >= 11 is 3.18. The van der Waals surface area contributed by atoms with E-state index in [2.05, 4.69) is 25.7 Å². The highest BCUT2D eigenvalue weighted by Gasteiger charge is 2.21. The molecule has 1 atom stereocenters. The highest BCUT2D eigenvalue weighted by atomic mass is 79.9. The number of halogens is 1. The average molecular weight is 410 g/mol. The number of aromatic nitrogens is 1. The average Bonchev–Trinajstić information content (AvgIpc) is 2.60. The smallest absolute Gasteiger partial charge is 0.346 e. The van der Waals surface area contributed by atoms with Gasteiger partial charge in [0.1, 0.15) is 5.75 Å². The number of carbonyl (C=O) groups excluding carboxylic acids is 1. The Morgan fingerprint density at radius 2 is 2.00 bits per heavy atom. The first-order valence-electron chi connectivity index (χ1n) is 7.21. The zero-order valence-corrected chi connectivity index (χ0v) is 15.4. The number of nitrogens with zero attached hydrogens (tertiary/aromatic N) is 3. The lowest BCUT2D eigenvalue weighted by Crippen LogP contribution is -2.24. The number of esters is 1. The summed E-state index contributed by atoms with van der Waals surface area (Å²) in [7, 11) is 2.97. The molecule has 0 N–H and O–H groups in total. The van der Waals surface area contributed by atoms with Gasteiger partial charge in [0.2, 0.25) is 5.82 Å². The predicted octanol–water partition coefficient (Wildman–Crippen LogP) is 3.46. The first kappa shape index (κ1) is 18.7. The fourth-order valence-corrected chi connectivity index (χ4v) is 2.42. The molecule has 0 saturated heterocycles.